The molecule has 128 valence electrons. The van der Waals surface area contributed by atoms with Crippen molar-refractivity contribution in [2.75, 3.05) is 5.32 Å². The van der Waals surface area contributed by atoms with Gasteiger partial charge >= 0.3 is 0 Å². The number of aromatic hydroxyl groups is 1. The van der Waals surface area contributed by atoms with Gasteiger partial charge in [-0.05, 0) is 54.3 Å². The molecule has 5 nitrogen and oxygen atoms in total. The average molecular weight is 357 g/mol. The number of halogens is 1. The predicted octanol–water partition coefficient (Wildman–Crippen LogP) is 3.59. The van der Waals surface area contributed by atoms with Gasteiger partial charge in [0.05, 0.1) is 11.6 Å². The van der Waals surface area contributed by atoms with Crippen molar-refractivity contribution in [3.8, 4) is 5.75 Å². The third-order valence-electron chi connectivity index (χ3n) is 4.21. The predicted molar refractivity (Wildman–Crippen MR) is 96.9 cm³/mol. The zero-order valence-electron chi connectivity index (χ0n) is 13.4. The number of phenols is 1. The average Bonchev–Trinajstić information content (AvgIpc) is 3.00. The summed E-state index contributed by atoms with van der Waals surface area (Å²) in [5.41, 5.74) is 2.54. The monoisotopic (exact) mass is 356 g/mol. The Morgan fingerprint density at radius 1 is 1.28 bits per heavy atom. The van der Waals surface area contributed by atoms with Crippen molar-refractivity contribution in [2.24, 2.45) is 0 Å². The molecular formula is C19H17ClN2O3. The molecule has 0 fully saturated rings. The number of hydrogen-bond acceptors (Lipinski definition) is 3. The third-order valence-corrected chi connectivity index (χ3v) is 4.57. The lowest BCUT2D eigenvalue weighted by Crippen LogP contribution is -2.27. The van der Waals surface area contributed by atoms with Crippen LogP contribution in [0.1, 0.15) is 33.9 Å². The Labute approximate surface area is 150 Å². The van der Waals surface area contributed by atoms with Gasteiger partial charge in [-0.2, -0.15) is 0 Å². The molecule has 0 spiro atoms. The molecule has 1 atom stereocenters. The van der Waals surface area contributed by atoms with Crippen LogP contribution in [0.2, 0.25) is 5.02 Å². The van der Waals surface area contributed by atoms with Crippen LogP contribution in [0.3, 0.4) is 0 Å². The fourth-order valence-corrected chi connectivity index (χ4v) is 3.26. The Morgan fingerprint density at radius 2 is 2.08 bits per heavy atom. The van der Waals surface area contributed by atoms with E-state index in [9.17, 15) is 14.7 Å². The van der Waals surface area contributed by atoms with Crippen LogP contribution in [0.15, 0.2) is 49.1 Å². The highest BCUT2D eigenvalue weighted by Gasteiger charge is 2.26. The van der Waals surface area contributed by atoms with E-state index < -0.39 is 11.8 Å². The van der Waals surface area contributed by atoms with Crippen molar-refractivity contribution in [1.82, 2.24) is 5.32 Å². The second kappa shape index (κ2) is 6.99. The standard InChI is InChI=1S/C19H17ClN2O3/c1-2-18(24)21-11-6-9-17(23)14(10-11)19(25)22-16-8-7-12-13(16)4-3-5-15(12)20/h2-6,9-10,16,23H,1,7-8H2,(H,21,24)(H,22,25). The summed E-state index contributed by atoms with van der Waals surface area (Å²) in [4.78, 5) is 24.0. The second-order valence-corrected chi connectivity index (χ2v) is 6.20. The number of anilines is 1. The van der Waals surface area contributed by atoms with Gasteiger partial charge in [-0.15, -0.1) is 0 Å². The number of fused-ring (bicyclic) bond motifs is 1. The molecule has 2 aromatic rings. The number of hydrogen-bond donors (Lipinski definition) is 3. The zero-order valence-corrected chi connectivity index (χ0v) is 14.1. The first-order valence-corrected chi connectivity index (χ1v) is 8.22. The van der Waals surface area contributed by atoms with Crippen molar-refractivity contribution >= 4 is 29.1 Å². The summed E-state index contributed by atoms with van der Waals surface area (Å²) in [6, 6.07) is 9.79. The molecule has 2 amide bonds. The van der Waals surface area contributed by atoms with Crippen molar-refractivity contribution in [3.05, 3.63) is 70.8 Å². The maximum atomic E-state index is 12.6. The number of benzene rings is 2. The molecule has 3 N–H and O–H groups in total. The second-order valence-electron chi connectivity index (χ2n) is 5.80. The molecule has 1 aliphatic carbocycles. The number of nitrogens with one attached hydrogen (secondary N) is 2. The van der Waals surface area contributed by atoms with E-state index >= 15 is 0 Å². The molecule has 1 aliphatic rings. The van der Waals surface area contributed by atoms with Crippen LogP contribution in [0.25, 0.3) is 0 Å². The maximum absolute atomic E-state index is 12.6. The first kappa shape index (κ1) is 17.0. The zero-order chi connectivity index (χ0) is 18.0. The molecule has 0 heterocycles. The molecule has 0 saturated carbocycles. The maximum Gasteiger partial charge on any atom is 0.255 e. The van der Waals surface area contributed by atoms with Gasteiger partial charge in [-0.3, -0.25) is 9.59 Å². The van der Waals surface area contributed by atoms with E-state index in [0.717, 1.165) is 30.0 Å². The number of phenolic OH excluding ortho intramolecular Hbond substituents is 1. The lowest BCUT2D eigenvalue weighted by molar-refractivity contribution is -0.111. The highest BCUT2D eigenvalue weighted by molar-refractivity contribution is 6.31. The molecule has 2 aromatic carbocycles. The number of carbonyl (C=O) groups excluding carboxylic acids is 2. The number of rotatable bonds is 4. The van der Waals surface area contributed by atoms with E-state index in [0.29, 0.717) is 10.7 Å². The molecule has 6 heteroatoms. The molecule has 1 unspecified atom stereocenters. The van der Waals surface area contributed by atoms with E-state index in [-0.39, 0.29) is 17.4 Å². The molecule has 0 radical (unpaired) electrons. The normalized spacial score (nSPS) is 15.3. The molecule has 0 aromatic heterocycles. The summed E-state index contributed by atoms with van der Waals surface area (Å²) >= 11 is 6.20. The smallest absolute Gasteiger partial charge is 0.255 e. The Hall–Kier alpha value is -2.79. The highest BCUT2D eigenvalue weighted by Crippen LogP contribution is 2.36. The summed E-state index contributed by atoms with van der Waals surface area (Å²) in [6.45, 7) is 3.38. The molecular weight excluding hydrogens is 340 g/mol. The minimum Gasteiger partial charge on any atom is -0.507 e. The van der Waals surface area contributed by atoms with Crippen molar-refractivity contribution in [3.63, 3.8) is 0 Å². The number of amides is 2. The van der Waals surface area contributed by atoms with Gasteiger partial charge in [-0.25, -0.2) is 0 Å². The van der Waals surface area contributed by atoms with Crippen LogP contribution >= 0.6 is 11.6 Å². The Bertz CT molecular complexity index is 864. The topological polar surface area (TPSA) is 78.4 Å². The highest BCUT2D eigenvalue weighted by atomic mass is 35.5. The first-order chi connectivity index (χ1) is 12.0. The van der Waals surface area contributed by atoms with E-state index in [2.05, 4.69) is 17.2 Å². The summed E-state index contributed by atoms with van der Waals surface area (Å²) in [5.74, 6) is -0.958. The van der Waals surface area contributed by atoms with Crippen LogP contribution in [0.4, 0.5) is 5.69 Å². The van der Waals surface area contributed by atoms with Gasteiger partial charge in [0.2, 0.25) is 5.91 Å². The largest absolute Gasteiger partial charge is 0.507 e. The van der Waals surface area contributed by atoms with Crippen LogP contribution < -0.4 is 10.6 Å². The van der Waals surface area contributed by atoms with Gasteiger partial charge in [0.1, 0.15) is 5.75 Å². The Kier molecular flexibility index (Phi) is 4.76. The molecule has 0 aliphatic heterocycles. The fourth-order valence-electron chi connectivity index (χ4n) is 2.98. The Balaban J connectivity index is 1.81. The van der Waals surface area contributed by atoms with Gasteiger partial charge in [0, 0.05) is 10.7 Å². The van der Waals surface area contributed by atoms with Gasteiger partial charge in [0.15, 0.2) is 0 Å². The van der Waals surface area contributed by atoms with E-state index in [1.165, 1.54) is 18.2 Å². The van der Waals surface area contributed by atoms with Crippen molar-refractivity contribution < 1.29 is 14.7 Å². The summed E-state index contributed by atoms with van der Waals surface area (Å²) in [7, 11) is 0. The lowest BCUT2D eigenvalue weighted by Gasteiger charge is -2.15. The van der Waals surface area contributed by atoms with Gasteiger partial charge in [0.25, 0.3) is 5.91 Å². The van der Waals surface area contributed by atoms with Gasteiger partial charge in [-0.1, -0.05) is 30.3 Å². The van der Waals surface area contributed by atoms with Crippen LogP contribution in [-0.2, 0) is 11.2 Å². The van der Waals surface area contributed by atoms with E-state index in [1.54, 1.807) is 0 Å². The van der Waals surface area contributed by atoms with Crippen LogP contribution in [0.5, 0.6) is 5.75 Å². The van der Waals surface area contributed by atoms with E-state index in [1.807, 2.05) is 18.2 Å². The van der Waals surface area contributed by atoms with Gasteiger partial charge < -0.3 is 15.7 Å². The lowest BCUT2D eigenvalue weighted by atomic mass is 10.1. The SMILES string of the molecule is C=CC(=O)Nc1ccc(O)c(C(=O)NC2CCc3c(Cl)cccc32)c1. The summed E-state index contributed by atoms with van der Waals surface area (Å²) in [6.07, 6.45) is 2.67. The summed E-state index contributed by atoms with van der Waals surface area (Å²) < 4.78 is 0. The molecule has 0 bridgehead atoms. The van der Waals surface area contributed by atoms with Crippen LogP contribution in [0, 0.1) is 0 Å². The quantitative estimate of drug-likeness (QED) is 0.578. The summed E-state index contributed by atoms with van der Waals surface area (Å²) in [5, 5.41) is 16.2. The van der Waals surface area contributed by atoms with Crippen LogP contribution in [-0.4, -0.2) is 16.9 Å². The molecule has 0 saturated heterocycles. The third kappa shape index (κ3) is 3.51. The molecule has 25 heavy (non-hydrogen) atoms. The fraction of sp³-hybridized carbons (Fsp3) is 0.158. The minimum atomic E-state index is -0.412. The Morgan fingerprint density at radius 3 is 2.84 bits per heavy atom. The van der Waals surface area contributed by atoms with Crippen molar-refractivity contribution in [2.45, 2.75) is 18.9 Å². The molecule has 3 rings (SSSR count). The van der Waals surface area contributed by atoms with E-state index in [4.69, 9.17) is 11.6 Å². The van der Waals surface area contributed by atoms with Crippen molar-refractivity contribution in [1.29, 1.82) is 0 Å². The minimum absolute atomic E-state index is 0.0948. The first-order valence-electron chi connectivity index (χ1n) is 7.84. The number of carbonyl (C=O) groups is 2.